The molecule has 0 saturated heterocycles. The Kier molecular flexibility index (Phi) is 5.67. The molecule has 0 amide bonds. The van der Waals surface area contributed by atoms with Crippen LogP contribution in [0.25, 0.3) is 0 Å². The maximum absolute atomic E-state index is 10.2. The van der Waals surface area contributed by atoms with Crippen LogP contribution in [0.1, 0.15) is 64.2 Å². The second kappa shape index (κ2) is 7.05. The second-order valence-corrected chi connectivity index (χ2v) is 6.95. The Bertz CT molecular complexity index is 261. The fraction of sp³-hybridized carbons (Fsp3) is 1.00. The summed E-state index contributed by atoms with van der Waals surface area (Å²) in [5.41, 5.74) is 6.44. The van der Waals surface area contributed by atoms with E-state index in [0.29, 0.717) is 11.5 Å². The number of likely N-dealkylation sites (N-methyl/N-ethyl adjacent to an activating group) is 1. The Morgan fingerprint density at radius 1 is 1.05 bits per heavy atom. The third kappa shape index (κ3) is 3.93. The van der Waals surface area contributed by atoms with Crippen LogP contribution in [0.15, 0.2) is 0 Å². The van der Waals surface area contributed by atoms with Crippen molar-refractivity contribution in [3.05, 3.63) is 0 Å². The van der Waals surface area contributed by atoms with E-state index in [9.17, 15) is 5.11 Å². The van der Waals surface area contributed by atoms with Crippen molar-refractivity contribution in [1.82, 2.24) is 4.90 Å². The molecule has 0 aliphatic heterocycles. The van der Waals surface area contributed by atoms with Gasteiger partial charge in [-0.2, -0.15) is 0 Å². The van der Waals surface area contributed by atoms with Crippen LogP contribution in [0.4, 0.5) is 0 Å². The summed E-state index contributed by atoms with van der Waals surface area (Å²) in [5, 5.41) is 10.2. The third-order valence-corrected chi connectivity index (χ3v) is 5.44. The van der Waals surface area contributed by atoms with E-state index in [1.54, 1.807) is 0 Å². The number of aliphatic hydroxyl groups is 1. The molecule has 0 aromatic carbocycles. The lowest BCUT2D eigenvalue weighted by Gasteiger charge is -2.42. The van der Waals surface area contributed by atoms with E-state index in [-0.39, 0.29) is 6.10 Å². The van der Waals surface area contributed by atoms with Gasteiger partial charge >= 0.3 is 0 Å². The Balaban J connectivity index is 1.95. The van der Waals surface area contributed by atoms with Gasteiger partial charge in [0.25, 0.3) is 0 Å². The molecule has 112 valence electrons. The van der Waals surface area contributed by atoms with Crippen molar-refractivity contribution in [2.45, 2.75) is 76.4 Å². The number of hydrogen-bond donors (Lipinski definition) is 2. The average molecular weight is 268 g/mol. The van der Waals surface area contributed by atoms with Gasteiger partial charge in [0.15, 0.2) is 0 Å². The summed E-state index contributed by atoms with van der Waals surface area (Å²) in [4.78, 5) is 2.42. The summed E-state index contributed by atoms with van der Waals surface area (Å²) in [5.74, 6) is 0. The van der Waals surface area contributed by atoms with Crippen molar-refractivity contribution in [2.24, 2.45) is 11.1 Å². The molecule has 2 atom stereocenters. The molecular weight excluding hydrogens is 236 g/mol. The number of aliphatic hydroxyl groups excluding tert-OH is 1. The van der Waals surface area contributed by atoms with Gasteiger partial charge < -0.3 is 15.7 Å². The van der Waals surface area contributed by atoms with E-state index >= 15 is 0 Å². The minimum atomic E-state index is -0.126. The van der Waals surface area contributed by atoms with Crippen LogP contribution < -0.4 is 5.73 Å². The molecule has 2 fully saturated rings. The van der Waals surface area contributed by atoms with E-state index in [1.807, 2.05) is 0 Å². The summed E-state index contributed by atoms with van der Waals surface area (Å²) in [6.07, 6.45) is 12.4. The lowest BCUT2D eigenvalue weighted by molar-refractivity contribution is 0.0103. The normalized spacial score (nSPS) is 32.2. The van der Waals surface area contributed by atoms with Crippen molar-refractivity contribution >= 4 is 0 Å². The SMILES string of the molecule is CN(CC1(CN)CCCCCC1)C1CCCCC1O. The minimum absolute atomic E-state index is 0.126. The highest BCUT2D eigenvalue weighted by molar-refractivity contribution is 4.89. The predicted molar refractivity (Wildman–Crippen MR) is 80.1 cm³/mol. The fourth-order valence-electron chi connectivity index (χ4n) is 4.16. The highest BCUT2D eigenvalue weighted by Gasteiger charge is 2.34. The summed E-state index contributed by atoms with van der Waals surface area (Å²) in [6.45, 7) is 1.88. The van der Waals surface area contributed by atoms with Crippen LogP contribution in [-0.2, 0) is 0 Å². The molecule has 2 aliphatic carbocycles. The molecule has 0 radical (unpaired) electrons. The van der Waals surface area contributed by atoms with Gasteiger partial charge in [0.2, 0.25) is 0 Å². The molecule has 3 N–H and O–H groups in total. The molecular formula is C16H32N2O. The summed E-state index contributed by atoms with van der Waals surface area (Å²) >= 11 is 0. The standard InChI is InChI=1S/C16H32N2O/c1-18(14-8-4-5-9-15(14)19)13-16(12-17)10-6-2-3-7-11-16/h14-15,19H,2-13,17H2,1H3. The van der Waals surface area contributed by atoms with Gasteiger partial charge in [0, 0.05) is 12.6 Å². The van der Waals surface area contributed by atoms with E-state index in [0.717, 1.165) is 25.9 Å². The van der Waals surface area contributed by atoms with E-state index in [4.69, 9.17) is 5.73 Å². The monoisotopic (exact) mass is 268 g/mol. The molecule has 3 heteroatoms. The minimum Gasteiger partial charge on any atom is -0.391 e. The Morgan fingerprint density at radius 2 is 1.68 bits per heavy atom. The van der Waals surface area contributed by atoms with Gasteiger partial charge in [-0.3, -0.25) is 0 Å². The molecule has 2 rings (SSSR count). The van der Waals surface area contributed by atoms with E-state index in [1.165, 1.54) is 51.4 Å². The molecule has 0 aromatic rings. The van der Waals surface area contributed by atoms with Crippen LogP contribution in [0, 0.1) is 5.41 Å². The molecule has 0 bridgehead atoms. The summed E-state index contributed by atoms with van der Waals surface area (Å²) in [7, 11) is 2.20. The topological polar surface area (TPSA) is 49.5 Å². The first-order chi connectivity index (χ1) is 9.17. The van der Waals surface area contributed by atoms with Crippen molar-refractivity contribution < 1.29 is 5.11 Å². The van der Waals surface area contributed by atoms with E-state index < -0.39 is 0 Å². The van der Waals surface area contributed by atoms with Gasteiger partial charge in [0.05, 0.1) is 6.10 Å². The molecule has 2 aliphatic rings. The maximum atomic E-state index is 10.2. The van der Waals surface area contributed by atoms with E-state index in [2.05, 4.69) is 11.9 Å². The number of rotatable bonds is 4. The molecule has 2 unspecified atom stereocenters. The smallest absolute Gasteiger partial charge is 0.0695 e. The first kappa shape index (κ1) is 15.3. The van der Waals surface area contributed by atoms with Crippen molar-refractivity contribution in [3.63, 3.8) is 0 Å². The fourth-order valence-corrected chi connectivity index (χ4v) is 4.16. The first-order valence-corrected chi connectivity index (χ1v) is 8.25. The van der Waals surface area contributed by atoms with Crippen LogP contribution in [0.3, 0.4) is 0 Å². The van der Waals surface area contributed by atoms with Gasteiger partial charge in [-0.05, 0) is 44.7 Å². The van der Waals surface area contributed by atoms with Gasteiger partial charge in [-0.1, -0.05) is 38.5 Å². The van der Waals surface area contributed by atoms with Gasteiger partial charge in [-0.25, -0.2) is 0 Å². The first-order valence-electron chi connectivity index (χ1n) is 8.25. The zero-order valence-electron chi connectivity index (χ0n) is 12.6. The zero-order chi connectivity index (χ0) is 13.7. The molecule has 0 heterocycles. The zero-order valence-corrected chi connectivity index (χ0v) is 12.6. The van der Waals surface area contributed by atoms with Crippen LogP contribution in [-0.4, -0.2) is 42.3 Å². The molecule has 0 spiro atoms. The highest BCUT2D eigenvalue weighted by atomic mass is 16.3. The van der Waals surface area contributed by atoms with Crippen LogP contribution >= 0.6 is 0 Å². The lowest BCUT2D eigenvalue weighted by atomic mass is 9.79. The Labute approximate surface area is 118 Å². The van der Waals surface area contributed by atoms with Crippen molar-refractivity contribution in [2.75, 3.05) is 20.1 Å². The van der Waals surface area contributed by atoms with Crippen LogP contribution in [0.5, 0.6) is 0 Å². The molecule has 3 nitrogen and oxygen atoms in total. The highest BCUT2D eigenvalue weighted by Crippen LogP contribution is 2.36. The van der Waals surface area contributed by atoms with Crippen molar-refractivity contribution in [3.8, 4) is 0 Å². The molecule has 19 heavy (non-hydrogen) atoms. The number of nitrogens with two attached hydrogens (primary N) is 1. The predicted octanol–water partition coefficient (Wildman–Crippen LogP) is 2.52. The second-order valence-electron chi connectivity index (χ2n) is 6.95. The summed E-state index contributed by atoms with van der Waals surface area (Å²) in [6, 6.07) is 0.362. The molecule has 0 aromatic heterocycles. The van der Waals surface area contributed by atoms with Gasteiger partial charge in [0.1, 0.15) is 0 Å². The van der Waals surface area contributed by atoms with Crippen molar-refractivity contribution in [1.29, 1.82) is 0 Å². The third-order valence-electron chi connectivity index (χ3n) is 5.44. The summed E-state index contributed by atoms with van der Waals surface area (Å²) < 4.78 is 0. The maximum Gasteiger partial charge on any atom is 0.0695 e. The lowest BCUT2D eigenvalue weighted by Crippen LogP contribution is -2.49. The quantitative estimate of drug-likeness (QED) is 0.770. The van der Waals surface area contributed by atoms with Crippen LogP contribution in [0.2, 0.25) is 0 Å². The molecule has 2 saturated carbocycles. The Morgan fingerprint density at radius 3 is 2.26 bits per heavy atom. The Hall–Kier alpha value is -0.120. The largest absolute Gasteiger partial charge is 0.391 e. The number of hydrogen-bond acceptors (Lipinski definition) is 3. The average Bonchev–Trinajstić information content (AvgIpc) is 2.65. The van der Waals surface area contributed by atoms with Gasteiger partial charge in [-0.15, -0.1) is 0 Å². The number of nitrogens with zero attached hydrogens (tertiary/aromatic N) is 1.